The molecule has 0 saturated heterocycles. The lowest BCUT2D eigenvalue weighted by molar-refractivity contribution is 0.295. The molecule has 0 amide bonds. The molecule has 0 atom stereocenters. The van der Waals surface area contributed by atoms with Crippen molar-refractivity contribution in [1.82, 2.24) is 0 Å². The van der Waals surface area contributed by atoms with Crippen LogP contribution in [-0.4, -0.2) is 15.3 Å². The van der Waals surface area contributed by atoms with E-state index in [4.69, 9.17) is 13.6 Å². The zero-order valence-electron chi connectivity index (χ0n) is 21.7. The molecule has 0 unspecified atom stereocenters. The van der Waals surface area contributed by atoms with Gasteiger partial charge in [0, 0.05) is 0 Å². The highest BCUT2D eigenvalue weighted by Gasteiger charge is 2.36. The van der Waals surface area contributed by atoms with Gasteiger partial charge in [-0.1, -0.05) is 0 Å². The molecule has 35 heavy (non-hydrogen) atoms. The molecule has 0 heterocycles. The fraction of sp³-hybridized carbons (Fsp3) is 0.333. The summed E-state index contributed by atoms with van der Waals surface area (Å²) in [4.78, 5) is 0. The van der Waals surface area contributed by atoms with Crippen LogP contribution in [0.3, 0.4) is 0 Å². The molecular weight excluding hydrogens is 467 g/mol. The fourth-order valence-electron chi connectivity index (χ4n) is 3.80. The van der Waals surface area contributed by atoms with Gasteiger partial charge in [-0.15, -0.1) is 0 Å². The van der Waals surface area contributed by atoms with Crippen LogP contribution in [0, 0.1) is 62.3 Å². The maximum atomic E-state index is 14.2. The van der Waals surface area contributed by atoms with Gasteiger partial charge in [-0.3, -0.25) is 0 Å². The number of phenols is 3. The van der Waals surface area contributed by atoms with Crippen molar-refractivity contribution in [2.75, 3.05) is 0 Å². The Kier molecular flexibility index (Phi) is 7.05. The molecule has 188 valence electrons. The molecule has 0 aromatic heterocycles. The molecule has 3 rings (SSSR count). The van der Waals surface area contributed by atoms with Crippen LogP contribution in [0.15, 0.2) is 18.2 Å². The SMILES string of the molecule is Cc1cc(OP(=O)(Oc2cc(C)c(O)c(C)c2C)Oc2cc(C)c(O)c(C)c2C)c(C)c(C)c1O. The minimum absolute atomic E-state index is 0.132. The van der Waals surface area contributed by atoms with Gasteiger partial charge in [-0.25, -0.2) is 0 Å². The molecule has 3 aromatic rings. The van der Waals surface area contributed by atoms with E-state index < -0.39 is 7.82 Å². The van der Waals surface area contributed by atoms with E-state index in [0.717, 1.165) is 0 Å². The van der Waals surface area contributed by atoms with Crippen molar-refractivity contribution in [3.63, 3.8) is 0 Å². The molecule has 8 heteroatoms. The summed E-state index contributed by atoms with van der Waals surface area (Å²) in [5.41, 5.74) is 5.18. The number of hydrogen-bond donors (Lipinski definition) is 3. The van der Waals surface area contributed by atoms with Gasteiger partial charge in [0.05, 0.1) is 0 Å². The van der Waals surface area contributed by atoms with Crippen LogP contribution < -0.4 is 13.6 Å². The predicted molar refractivity (Wildman–Crippen MR) is 136 cm³/mol. The number of aromatic hydroxyl groups is 3. The van der Waals surface area contributed by atoms with Crippen molar-refractivity contribution in [3.8, 4) is 34.5 Å². The number of phosphoric acid groups is 1. The van der Waals surface area contributed by atoms with Crippen LogP contribution in [0.4, 0.5) is 0 Å². The smallest absolute Gasteiger partial charge is 0.507 e. The monoisotopic (exact) mass is 500 g/mol. The summed E-state index contributed by atoms with van der Waals surface area (Å²) in [6.45, 7) is 15.6. The summed E-state index contributed by atoms with van der Waals surface area (Å²) in [5, 5.41) is 30.9. The van der Waals surface area contributed by atoms with Gasteiger partial charge in [0.2, 0.25) is 0 Å². The minimum atomic E-state index is -4.38. The molecular formula is C27H33O7P. The number of benzene rings is 3. The number of phosphoric ester groups is 1. The number of hydrogen-bond acceptors (Lipinski definition) is 7. The van der Waals surface area contributed by atoms with Crippen molar-refractivity contribution < 1.29 is 33.5 Å². The molecule has 7 nitrogen and oxygen atoms in total. The van der Waals surface area contributed by atoms with Crippen molar-refractivity contribution >= 4 is 7.82 Å². The number of rotatable bonds is 6. The Morgan fingerprint density at radius 1 is 0.486 bits per heavy atom. The minimum Gasteiger partial charge on any atom is -0.507 e. The lowest BCUT2D eigenvalue weighted by Gasteiger charge is -2.24. The second-order valence-electron chi connectivity index (χ2n) is 9.09. The third kappa shape index (κ3) is 4.92. The first kappa shape index (κ1) is 26.3. The van der Waals surface area contributed by atoms with E-state index in [-0.39, 0.29) is 34.5 Å². The largest absolute Gasteiger partial charge is 0.647 e. The van der Waals surface area contributed by atoms with Gasteiger partial charge in [0.25, 0.3) is 0 Å². The maximum Gasteiger partial charge on any atom is 0.647 e. The molecule has 0 radical (unpaired) electrons. The first-order valence-corrected chi connectivity index (χ1v) is 12.7. The summed E-state index contributed by atoms with van der Waals surface area (Å²) in [6.07, 6.45) is 0. The van der Waals surface area contributed by atoms with E-state index in [1.807, 2.05) is 0 Å². The highest BCUT2D eigenvalue weighted by molar-refractivity contribution is 7.49. The average molecular weight is 501 g/mol. The highest BCUT2D eigenvalue weighted by Crippen LogP contribution is 2.54. The first-order chi connectivity index (χ1) is 16.2. The molecule has 0 fully saturated rings. The van der Waals surface area contributed by atoms with Gasteiger partial charge in [0.1, 0.15) is 34.5 Å². The first-order valence-electron chi connectivity index (χ1n) is 11.2. The zero-order chi connectivity index (χ0) is 26.4. The Morgan fingerprint density at radius 2 is 0.714 bits per heavy atom. The molecule has 0 bridgehead atoms. The molecule has 0 aliphatic carbocycles. The standard InChI is InChI=1S/C27H33O7P/c1-13-10-22(16(4)19(7)25(13)28)32-35(31,33-23-11-14(2)26(29)20(8)17(23)5)34-24-12-15(3)27(30)21(9)18(24)6/h10-12,28-30H,1-9H3. The average Bonchev–Trinajstić information content (AvgIpc) is 2.80. The summed E-state index contributed by atoms with van der Waals surface area (Å²) >= 11 is 0. The Hall–Kier alpha value is -3.31. The van der Waals surface area contributed by atoms with Crippen molar-refractivity contribution in [2.24, 2.45) is 0 Å². The van der Waals surface area contributed by atoms with E-state index in [0.29, 0.717) is 50.1 Å². The normalized spacial score (nSPS) is 11.5. The van der Waals surface area contributed by atoms with Gasteiger partial charge in [0.15, 0.2) is 0 Å². The van der Waals surface area contributed by atoms with Crippen molar-refractivity contribution in [2.45, 2.75) is 62.3 Å². The third-order valence-corrected chi connectivity index (χ3v) is 7.92. The molecule has 0 aliphatic heterocycles. The van der Waals surface area contributed by atoms with Crippen LogP contribution in [0.2, 0.25) is 0 Å². The van der Waals surface area contributed by atoms with E-state index in [1.54, 1.807) is 80.5 Å². The van der Waals surface area contributed by atoms with Gasteiger partial charge in [-0.05, 0) is 131 Å². The Balaban J connectivity index is 2.18. The second-order valence-corrected chi connectivity index (χ2v) is 10.5. The van der Waals surface area contributed by atoms with Crippen LogP contribution >= 0.6 is 7.82 Å². The molecule has 0 saturated carbocycles. The van der Waals surface area contributed by atoms with Gasteiger partial charge in [-0.2, -0.15) is 4.57 Å². The Labute approximate surface area is 206 Å². The molecule has 0 spiro atoms. The quantitative estimate of drug-likeness (QED) is 0.307. The Bertz CT molecular complexity index is 1210. The molecule has 0 aliphatic rings. The van der Waals surface area contributed by atoms with E-state index >= 15 is 0 Å². The summed E-state index contributed by atoms with van der Waals surface area (Å²) in [5.74, 6) is 1.14. The predicted octanol–water partition coefficient (Wildman–Crippen LogP) is 7.22. The van der Waals surface area contributed by atoms with E-state index in [9.17, 15) is 19.9 Å². The maximum absolute atomic E-state index is 14.2. The molecule has 3 N–H and O–H groups in total. The summed E-state index contributed by atoms with van der Waals surface area (Å²) in [6, 6.07) is 4.74. The van der Waals surface area contributed by atoms with Crippen molar-refractivity contribution in [3.05, 3.63) is 68.3 Å². The van der Waals surface area contributed by atoms with E-state index in [2.05, 4.69) is 0 Å². The lowest BCUT2D eigenvalue weighted by Crippen LogP contribution is -2.11. The highest BCUT2D eigenvalue weighted by atomic mass is 31.2. The lowest BCUT2D eigenvalue weighted by atomic mass is 10.0. The number of phenolic OH excluding ortho intramolecular Hbond substituents is 3. The summed E-state index contributed by atoms with van der Waals surface area (Å²) in [7, 11) is -4.38. The van der Waals surface area contributed by atoms with Gasteiger partial charge >= 0.3 is 7.82 Å². The van der Waals surface area contributed by atoms with Crippen LogP contribution in [0.25, 0.3) is 0 Å². The summed E-state index contributed by atoms with van der Waals surface area (Å²) < 4.78 is 32.1. The molecule has 3 aromatic carbocycles. The van der Waals surface area contributed by atoms with Crippen LogP contribution in [0.5, 0.6) is 34.5 Å². The Morgan fingerprint density at radius 3 is 0.943 bits per heavy atom. The zero-order valence-corrected chi connectivity index (χ0v) is 22.5. The fourth-order valence-corrected chi connectivity index (χ4v) is 5.20. The third-order valence-electron chi connectivity index (χ3n) is 6.66. The number of aryl methyl sites for hydroxylation is 3. The second kappa shape index (κ2) is 9.38. The topological polar surface area (TPSA) is 105 Å². The van der Waals surface area contributed by atoms with Gasteiger partial charge < -0.3 is 28.9 Å². The van der Waals surface area contributed by atoms with Crippen molar-refractivity contribution in [1.29, 1.82) is 0 Å². The van der Waals surface area contributed by atoms with Crippen LogP contribution in [0.1, 0.15) is 50.1 Å². The van der Waals surface area contributed by atoms with Crippen LogP contribution in [-0.2, 0) is 4.57 Å². The van der Waals surface area contributed by atoms with E-state index in [1.165, 1.54) is 0 Å².